The SMILES string of the molecule is O=C1C=C(c2ccccc2)C(=O)N1Cc1ccccc1. The van der Waals surface area contributed by atoms with Crippen molar-refractivity contribution >= 4 is 17.4 Å². The van der Waals surface area contributed by atoms with Crippen molar-refractivity contribution in [3.8, 4) is 0 Å². The number of carbonyl (C=O) groups excluding carboxylic acids is 2. The number of benzene rings is 2. The zero-order chi connectivity index (χ0) is 13.9. The lowest BCUT2D eigenvalue weighted by Crippen LogP contribution is -2.30. The minimum absolute atomic E-state index is 0.231. The van der Waals surface area contributed by atoms with Gasteiger partial charge in [0.25, 0.3) is 11.8 Å². The van der Waals surface area contributed by atoms with Gasteiger partial charge in [0.05, 0.1) is 12.1 Å². The lowest BCUT2D eigenvalue weighted by molar-refractivity contribution is -0.137. The number of carbonyl (C=O) groups is 2. The van der Waals surface area contributed by atoms with E-state index < -0.39 is 0 Å². The molecular weight excluding hydrogens is 250 g/mol. The molecule has 1 aliphatic rings. The van der Waals surface area contributed by atoms with E-state index in [0.29, 0.717) is 12.1 Å². The summed E-state index contributed by atoms with van der Waals surface area (Å²) in [5.74, 6) is -0.484. The molecule has 0 saturated heterocycles. The highest BCUT2D eigenvalue weighted by atomic mass is 16.2. The van der Waals surface area contributed by atoms with Crippen molar-refractivity contribution < 1.29 is 9.59 Å². The molecule has 0 unspecified atom stereocenters. The summed E-state index contributed by atoms with van der Waals surface area (Å²) in [4.78, 5) is 25.6. The van der Waals surface area contributed by atoms with Crippen LogP contribution in [0.4, 0.5) is 0 Å². The van der Waals surface area contributed by atoms with Crippen molar-refractivity contribution in [3.63, 3.8) is 0 Å². The van der Waals surface area contributed by atoms with Crippen LogP contribution in [0, 0.1) is 0 Å². The highest BCUT2D eigenvalue weighted by Crippen LogP contribution is 2.24. The minimum Gasteiger partial charge on any atom is -0.270 e. The van der Waals surface area contributed by atoms with E-state index in [0.717, 1.165) is 11.1 Å². The Morgan fingerprint density at radius 3 is 2.05 bits per heavy atom. The first-order valence-electron chi connectivity index (χ1n) is 6.42. The third-order valence-corrected chi connectivity index (χ3v) is 3.28. The van der Waals surface area contributed by atoms with Gasteiger partial charge < -0.3 is 0 Å². The van der Waals surface area contributed by atoms with Crippen LogP contribution in [0.25, 0.3) is 5.57 Å². The maximum absolute atomic E-state index is 12.4. The number of nitrogens with zero attached hydrogens (tertiary/aromatic N) is 1. The van der Waals surface area contributed by atoms with E-state index in [4.69, 9.17) is 0 Å². The molecule has 2 aromatic rings. The van der Waals surface area contributed by atoms with Gasteiger partial charge in [0, 0.05) is 6.08 Å². The van der Waals surface area contributed by atoms with E-state index in [1.165, 1.54) is 11.0 Å². The Morgan fingerprint density at radius 1 is 0.800 bits per heavy atom. The fraction of sp³-hybridized carbons (Fsp3) is 0.0588. The molecule has 3 nitrogen and oxygen atoms in total. The molecule has 0 saturated carbocycles. The molecule has 1 aliphatic heterocycles. The number of rotatable bonds is 3. The molecule has 2 aromatic carbocycles. The molecule has 3 heteroatoms. The molecule has 0 atom stereocenters. The van der Waals surface area contributed by atoms with E-state index in [-0.39, 0.29) is 11.8 Å². The number of hydrogen-bond donors (Lipinski definition) is 0. The predicted octanol–water partition coefficient (Wildman–Crippen LogP) is 2.64. The van der Waals surface area contributed by atoms with Crippen LogP contribution in [-0.2, 0) is 16.1 Å². The number of amides is 2. The van der Waals surface area contributed by atoms with Crippen LogP contribution in [0.3, 0.4) is 0 Å². The fourth-order valence-electron chi connectivity index (χ4n) is 2.25. The number of imide groups is 1. The summed E-state index contributed by atoms with van der Waals surface area (Å²) in [6.45, 7) is 0.311. The van der Waals surface area contributed by atoms with Crippen LogP contribution >= 0.6 is 0 Å². The van der Waals surface area contributed by atoms with Gasteiger partial charge in [-0.15, -0.1) is 0 Å². The monoisotopic (exact) mass is 263 g/mol. The molecule has 0 N–H and O–H groups in total. The molecule has 3 rings (SSSR count). The summed E-state index contributed by atoms with van der Waals surface area (Å²) in [6.07, 6.45) is 1.42. The van der Waals surface area contributed by atoms with Crippen molar-refractivity contribution in [1.29, 1.82) is 0 Å². The minimum atomic E-state index is -0.252. The Kier molecular flexibility index (Phi) is 3.17. The molecule has 0 aromatic heterocycles. The van der Waals surface area contributed by atoms with E-state index in [1.54, 1.807) is 0 Å². The molecule has 0 bridgehead atoms. The molecule has 1 heterocycles. The van der Waals surface area contributed by atoms with E-state index in [2.05, 4.69) is 0 Å². The molecule has 20 heavy (non-hydrogen) atoms. The first kappa shape index (κ1) is 12.4. The molecule has 2 amide bonds. The average Bonchev–Trinajstić information content (AvgIpc) is 2.77. The third kappa shape index (κ3) is 2.26. The van der Waals surface area contributed by atoms with Crippen LogP contribution in [0.5, 0.6) is 0 Å². The van der Waals surface area contributed by atoms with Gasteiger partial charge in [0.2, 0.25) is 0 Å². The quantitative estimate of drug-likeness (QED) is 0.798. The topological polar surface area (TPSA) is 37.4 Å². The van der Waals surface area contributed by atoms with Crippen molar-refractivity contribution in [3.05, 3.63) is 77.9 Å². The van der Waals surface area contributed by atoms with Gasteiger partial charge in [-0.2, -0.15) is 0 Å². The van der Waals surface area contributed by atoms with Crippen LogP contribution in [0.15, 0.2) is 66.7 Å². The molecule has 0 fully saturated rings. The molecular formula is C17H13NO2. The molecule has 0 aliphatic carbocycles. The Balaban J connectivity index is 1.84. The van der Waals surface area contributed by atoms with Crippen LogP contribution in [-0.4, -0.2) is 16.7 Å². The second-order valence-corrected chi connectivity index (χ2v) is 4.64. The summed E-state index contributed by atoms with van der Waals surface area (Å²) < 4.78 is 0. The van der Waals surface area contributed by atoms with E-state index >= 15 is 0 Å². The number of hydrogen-bond acceptors (Lipinski definition) is 2. The molecule has 0 spiro atoms. The van der Waals surface area contributed by atoms with Crippen LogP contribution in [0.1, 0.15) is 11.1 Å². The van der Waals surface area contributed by atoms with E-state index in [9.17, 15) is 9.59 Å². The predicted molar refractivity (Wildman–Crippen MR) is 76.4 cm³/mol. The van der Waals surface area contributed by atoms with Crippen molar-refractivity contribution in [2.24, 2.45) is 0 Å². The van der Waals surface area contributed by atoms with Crippen molar-refractivity contribution in [1.82, 2.24) is 4.90 Å². The summed E-state index contributed by atoms with van der Waals surface area (Å²) in [5.41, 5.74) is 2.19. The van der Waals surface area contributed by atoms with Gasteiger partial charge in [0.15, 0.2) is 0 Å². The van der Waals surface area contributed by atoms with Crippen molar-refractivity contribution in [2.75, 3.05) is 0 Å². The Hall–Kier alpha value is -2.68. The zero-order valence-corrected chi connectivity index (χ0v) is 10.8. The van der Waals surface area contributed by atoms with Crippen LogP contribution in [0.2, 0.25) is 0 Å². The maximum atomic E-state index is 12.4. The highest BCUT2D eigenvalue weighted by Gasteiger charge is 2.31. The molecule has 0 radical (unpaired) electrons. The summed E-state index contributed by atoms with van der Waals surface area (Å²) in [6, 6.07) is 18.8. The Bertz CT molecular complexity index is 675. The Labute approximate surface area is 117 Å². The zero-order valence-electron chi connectivity index (χ0n) is 10.8. The van der Waals surface area contributed by atoms with Crippen LogP contribution < -0.4 is 0 Å². The fourth-order valence-corrected chi connectivity index (χ4v) is 2.25. The van der Waals surface area contributed by atoms with Crippen molar-refractivity contribution in [2.45, 2.75) is 6.54 Å². The van der Waals surface area contributed by atoms with Gasteiger partial charge in [0.1, 0.15) is 0 Å². The summed E-state index contributed by atoms with van der Waals surface area (Å²) >= 11 is 0. The maximum Gasteiger partial charge on any atom is 0.261 e. The third-order valence-electron chi connectivity index (χ3n) is 3.28. The van der Waals surface area contributed by atoms with Gasteiger partial charge in [-0.25, -0.2) is 0 Å². The first-order valence-corrected chi connectivity index (χ1v) is 6.42. The normalized spacial score (nSPS) is 14.6. The summed E-state index contributed by atoms with van der Waals surface area (Å²) in [5, 5.41) is 0. The second kappa shape index (κ2) is 5.13. The second-order valence-electron chi connectivity index (χ2n) is 4.64. The van der Waals surface area contributed by atoms with Gasteiger partial charge in [-0.1, -0.05) is 60.7 Å². The van der Waals surface area contributed by atoms with Gasteiger partial charge in [-0.3, -0.25) is 14.5 Å². The first-order chi connectivity index (χ1) is 9.75. The van der Waals surface area contributed by atoms with E-state index in [1.807, 2.05) is 60.7 Å². The lowest BCUT2D eigenvalue weighted by atomic mass is 10.1. The molecule has 98 valence electrons. The highest BCUT2D eigenvalue weighted by molar-refractivity contribution is 6.33. The standard InChI is InChI=1S/C17H13NO2/c19-16-11-15(14-9-5-2-6-10-14)17(20)18(16)12-13-7-3-1-4-8-13/h1-11H,12H2. The summed E-state index contributed by atoms with van der Waals surface area (Å²) in [7, 11) is 0. The smallest absolute Gasteiger partial charge is 0.261 e. The largest absolute Gasteiger partial charge is 0.270 e. The van der Waals surface area contributed by atoms with Gasteiger partial charge in [-0.05, 0) is 11.1 Å². The average molecular weight is 263 g/mol. The lowest BCUT2D eigenvalue weighted by Gasteiger charge is -2.14. The van der Waals surface area contributed by atoms with Gasteiger partial charge >= 0.3 is 0 Å². The Morgan fingerprint density at radius 2 is 1.40 bits per heavy atom.